The number of carboxylic acid groups (broad SMARTS) is 1. The summed E-state index contributed by atoms with van der Waals surface area (Å²) in [5.41, 5.74) is -0.593. The molecule has 4 saturated carbocycles. The summed E-state index contributed by atoms with van der Waals surface area (Å²) in [7, 11) is 4.07. The zero-order valence-electron chi connectivity index (χ0n) is 25.8. The topological polar surface area (TPSA) is 141 Å². The monoisotopic (exact) mass is 591 g/mol. The molecule has 2 aliphatic heterocycles. The zero-order valence-corrected chi connectivity index (χ0v) is 25.8. The van der Waals surface area contributed by atoms with E-state index in [1.807, 2.05) is 21.0 Å². The summed E-state index contributed by atoms with van der Waals surface area (Å²) >= 11 is 0. The van der Waals surface area contributed by atoms with E-state index in [-0.39, 0.29) is 59.0 Å². The summed E-state index contributed by atoms with van der Waals surface area (Å²) < 4.78 is 13.6. The third kappa shape index (κ3) is 4.74. The summed E-state index contributed by atoms with van der Waals surface area (Å²) in [6.07, 6.45) is 7.54. The number of methoxy groups -OCH3 is 1. The van der Waals surface area contributed by atoms with Gasteiger partial charge >= 0.3 is 5.97 Å². The zero-order chi connectivity index (χ0) is 30.0. The van der Waals surface area contributed by atoms with Gasteiger partial charge in [0.2, 0.25) is 5.91 Å². The van der Waals surface area contributed by atoms with Gasteiger partial charge in [0.25, 0.3) is 0 Å². The summed E-state index contributed by atoms with van der Waals surface area (Å²) in [6.45, 7) is 4.95. The molecule has 0 aromatic heterocycles. The number of likely N-dealkylation sites (tertiary alicyclic amines) is 1. The number of ether oxygens (including phenoxy) is 2. The minimum atomic E-state index is -1.01. The SMILES string of the molecule is CO[C@]12CC[C@@H](N[C@H](C(=O)N[C@@H](CC3CCC(O)CC3)C(=O)O)C(C)C)[C@@H]3OC4C(O)CCC5CC1N(C)CC[C@]32C54. The standard InChI is InChI=1S/C32H53N3O7/c1-17(2)26(29(38)34-22(30(39)40)15-18-5-8-20(36)9-6-18)33-21-11-12-32(41-4)24-16-19-7-10-23(37)27-25(19)31(32,28(21)42-27)13-14-35(24)3/h17-28,33,36-37H,5-16H2,1-4H3,(H,34,38)(H,39,40)/t18?,19?,20?,21-,22+,23?,24?,25?,26+,27?,28+,31+,32-/m1/s1. The van der Waals surface area contributed by atoms with Crippen LogP contribution in [0.1, 0.15) is 84.5 Å². The lowest BCUT2D eigenvalue weighted by Gasteiger charge is -2.69. The van der Waals surface area contributed by atoms with Crippen LogP contribution in [0.3, 0.4) is 0 Å². The molecule has 0 aromatic carbocycles. The second kappa shape index (κ2) is 11.6. The molecule has 2 saturated heterocycles. The number of nitrogens with zero attached hydrogens (tertiary/aromatic N) is 1. The molecule has 5 N–H and O–H groups in total. The van der Waals surface area contributed by atoms with Gasteiger partial charge in [0.15, 0.2) is 0 Å². The maximum Gasteiger partial charge on any atom is 0.326 e. The largest absolute Gasteiger partial charge is 0.480 e. The minimum absolute atomic E-state index is 0.0607. The summed E-state index contributed by atoms with van der Waals surface area (Å²) in [5.74, 6) is -0.460. The van der Waals surface area contributed by atoms with Crippen LogP contribution in [0.25, 0.3) is 0 Å². The lowest BCUT2D eigenvalue weighted by molar-refractivity contribution is -0.269. The smallest absolute Gasteiger partial charge is 0.326 e. The third-order valence-corrected chi connectivity index (χ3v) is 12.6. The van der Waals surface area contributed by atoms with Gasteiger partial charge in [-0.1, -0.05) is 13.8 Å². The molecule has 6 aliphatic rings. The van der Waals surface area contributed by atoms with Gasteiger partial charge in [-0.3, -0.25) is 4.79 Å². The van der Waals surface area contributed by atoms with Crippen LogP contribution in [0.5, 0.6) is 0 Å². The van der Waals surface area contributed by atoms with Gasteiger partial charge in [0.1, 0.15) is 6.04 Å². The Bertz CT molecular complexity index is 1020. The van der Waals surface area contributed by atoms with Crippen molar-refractivity contribution in [3.8, 4) is 0 Å². The van der Waals surface area contributed by atoms with Gasteiger partial charge in [-0.15, -0.1) is 0 Å². The average molecular weight is 592 g/mol. The van der Waals surface area contributed by atoms with Crippen LogP contribution in [0, 0.1) is 29.1 Å². The van der Waals surface area contributed by atoms with Crippen LogP contribution < -0.4 is 10.6 Å². The van der Waals surface area contributed by atoms with Crippen molar-refractivity contribution >= 4 is 11.9 Å². The number of carbonyl (C=O) groups excluding carboxylic acids is 1. The molecule has 11 atom stereocenters. The van der Waals surface area contributed by atoms with E-state index in [4.69, 9.17) is 9.47 Å². The molecule has 5 unspecified atom stereocenters. The number of rotatable bonds is 9. The lowest BCUT2D eigenvalue weighted by atomic mass is 9.42. The predicted octanol–water partition coefficient (Wildman–Crippen LogP) is 1.91. The average Bonchev–Trinajstić information content (AvgIpc) is 3.32. The summed E-state index contributed by atoms with van der Waals surface area (Å²) in [5, 5.41) is 37.6. The summed E-state index contributed by atoms with van der Waals surface area (Å²) in [4.78, 5) is 28.5. The van der Waals surface area contributed by atoms with E-state index in [9.17, 15) is 24.9 Å². The van der Waals surface area contributed by atoms with Crippen molar-refractivity contribution in [3.05, 3.63) is 0 Å². The molecule has 4 aliphatic carbocycles. The lowest BCUT2D eigenvalue weighted by Crippen LogP contribution is -2.79. The molecule has 10 nitrogen and oxygen atoms in total. The highest BCUT2D eigenvalue weighted by Gasteiger charge is 2.78. The second-order valence-electron chi connectivity index (χ2n) is 14.9. The van der Waals surface area contributed by atoms with E-state index in [1.54, 1.807) is 0 Å². The van der Waals surface area contributed by atoms with Gasteiger partial charge in [-0.25, -0.2) is 4.79 Å². The molecule has 1 spiro atoms. The van der Waals surface area contributed by atoms with Crippen LogP contribution in [0.4, 0.5) is 0 Å². The Labute approximate surface area is 250 Å². The van der Waals surface area contributed by atoms with Gasteiger partial charge in [0.05, 0.1) is 36.1 Å². The van der Waals surface area contributed by atoms with Crippen LogP contribution in [0.15, 0.2) is 0 Å². The Morgan fingerprint density at radius 1 is 1.07 bits per heavy atom. The highest BCUT2D eigenvalue weighted by atomic mass is 16.5. The molecule has 0 aromatic rings. The molecule has 42 heavy (non-hydrogen) atoms. The van der Waals surface area contributed by atoms with Gasteiger partial charge < -0.3 is 40.3 Å². The van der Waals surface area contributed by atoms with Crippen LogP contribution in [0.2, 0.25) is 0 Å². The van der Waals surface area contributed by atoms with Crippen LogP contribution >= 0.6 is 0 Å². The molecule has 2 bridgehead atoms. The second-order valence-corrected chi connectivity index (χ2v) is 14.9. The van der Waals surface area contributed by atoms with Crippen molar-refractivity contribution in [2.75, 3.05) is 20.7 Å². The van der Waals surface area contributed by atoms with Crippen LogP contribution in [-0.2, 0) is 19.1 Å². The molecule has 0 radical (unpaired) electrons. The molecule has 6 fully saturated rings. The first-order valence-corrected chi connectivity index (χ1v) is 16.6. The fraction of sp³-hybridized carbons (Fsp3) is 0.938. The number of hydrogen-bond donors (Lipinski definition) is 5. The molecule has 6 rings (SSSR count). The number of aliphatic carboxylic acids is 1. The van der Waals surface area contributed by atoms with Crippen molar-refractivity contribution in [1.29, 1.82) is 0 Å². The minimum Gasteiger partial charge on any atom is -0.480 e. The van der Waals surface area contributed by atoms with Crippen molar-refractivity contribution in [1.82, 2.24) is 15.5 Å². The van der Waals surface area contributed by atoms with E-state index in [1.165, 1.54) is 0 Å². The number of aliphatic hydroxyl groups is 2. The Balaban J connectivity index is 1.24. The molecular formula is C32H53N3O7. The molecular weight excluding hydrogens is 538 g/mol. The van der Waals surface area contributed by atoms with Crippen molar-refractivity contribution < 1.29 is 34.4 Å². The van der Waals surface area contributed by atoms with E-state index >= 15 is 0 Å². The molecule has 10 heteroatoms. The predicted molar refractivity (Wildman–Crippen MR) is 156 cm³/mol. The first-order chi connectivity index (χ1) is 20.0. The van der Waals surface area contributed by atoms with Gasteiger partial charge in [-0.2, -0.15) is 0 Å². The number of carbonyl (C=O) groups is 2. The molecule has 1 amide bonds. The molecule has 238 valence electrons. The van der Waals surface area contributed by atoms with Crippen molar-refractivity contribution in [2.45, 2.75) is 139 Å². The number of amides is 1. The number of hydrogen-bond acceptors (Lipinski definition) is 8. The maximum atomic E-state index is 13.8. The number of aliphatic hydroxyl groups excluding tert-OH is 2. The summed E-state index contributed by atoms with van der Waals surface area (Å²) in [6, 6.07) is -1.33. The van der Waals surface area contributed by atoms with E-state index < -0.39 is 24.2 Å². The van der Waals surface area contributed by atoms with Gasteiger partial charge in [-0.05, 0) is 102 Å². The van der Waals surface area contributed by atoms with E-state index in [0.717, 1.165) is 57.9 Å². The highest BCUT2D eigenvalue weighted by molar-refractivity contribution is 5.87. The number of nitrogens with one attached hydrogen (secondary N) is 2. The Kier molecular flexibility index (Phi) is 8.46. The number of likely N-dealkylation sites (N-methyl/N-ethyl adjacent to an activating group) is 1. The number of piperidine rings is 1. The number of carboxylic acids is 1. The molecule has 2 heterocycles. The quantitative estimate of drug-likeness (QED) is 0.272. The third-order valence-electron chi connectivity index (χ3n) is 12.6. The maximum absolute atomic E-state index is 13.8. The first kappa shape index (κ1) is 30.7. The fourth-order valence-electron chi connectivity index (χ4n) is 10.7. The van der Waals surface area contributed by atoms with Crippen molar-refractivity contribution in [3.63, 3.8) is 0 Å². The Morgan fingerprint density at radius 3 is 2.48 bits per heavy atom. The van der Waals surface area contributed by atoms with Crippen molar-refractivity contribution in [2.24, 2.45) is 29.1 Å². The Hall–Kier alpha value is -1.30. The first-order valence-electron chi connectivity index (χ1n) is 16.6. The van der Waals surface area contributed by atoms with Gasteiger partial charge in [0, 0.05) is 30.5 Å². The van der Waals surface area contributed by atoms with E-state index in [2.05, 4.69) is 22.6 Å². The highest BCUT2D eigenvalue weighted by Crippen LogP contribution is 2.70. The fourth-order valence-corrected chi connectivity index (χ4v) is 10.7. The van der Waals surface area contributed by atoms with Crippen LogP contribution in [-0.4, -0.2) is 107 Å². The Morgan fingerprint density at radius 2 is 1.81 bits per heavy atom. The van der Waals surface area contributed by atoms with E-state index in [0.29, 0.717) is 31.2 Å². The normalized spacial score (nSPS) is 46.1.